The third-order valence-electron chi connectivity index (χ3n) is 4.92. The summed E-state index contributed by atoms with van der Waals surface area (Å²) in [5, 5.41) is 14.5. The van der Waals surface area contributed by atoms with Crippen molar-refractivity contribution in [3.8, 4) is 0 Å². The molecule has 0 bridgehead atoms. The summed E-state index contributed by atoms with van der Waals surface area (Å²) in [6.07, 6.45) is 0.495. The van der Waals surface area contributed by atoms with Crippen LogP contribution in [0, 0.1) is 0 Å². The van der Waals surface area contributed by atoms with Gasteiger partial charge in [0.15, 0.2) is 0 Å². The molecule has 2 atom stereocenters. The van der Waals surface area contributed by atoms with Crippen LogP contribution in [0.4, 0.5) is 8.78 Å². The number of aliphatic hydroxyl groups excluding tert-OH is 1. The summed E-state index contributed by atoms with van der Waals surface area (Å²) < 4.78 is 28.3. The van der Waals surface area contributed by atoms with Gasteiger partial charge >= 0.3 is 0 Å². The van der Waals surface area contributed by atoms with Gasteiger partial charge in [0.25, 0.3) is 11.8 Å². The molecule has 2 aliphatic heterocycles. The number of rotatable bonds is 3. The lowest BCUT2D eigenvalue weighted by Crippen LogP contribution is -2.49. The molecule has 2 fully saturated rings. The average Bonchev–Trinajstić information content (AvgIpc) is 3.13. The average molecular weight is 342 g/mol. The molecular formula is C16H24F2N4O2. The van der Waals surface area contributed by atoms with Gasteiger partial charge in [-0.25, -0.2) is 8.78 Å². The molecule has 3 heterocycles. The molecule has 6 nitrogen and oxygen atoms in total. The van der Waals surface area contributed by atoms with Crippen molar-refractivity contribution in [2.45, 2.75) is 50.8 Å². The highest BCUT2D eigenvalue weighted by atomic mass is 19.3. The number of carbonyl (C=O) groups excluding carboxylic acids is 1. The van der Waals surface area contributed by atoms with Gasteiger partial charge < -0.3 is 10.0 Å². The van der Waals surface area contributed by atoms with E-state index in [0.29, 0.717) is 12.2 Å². The van der Waals surface area contributed by atoms with Crippen molar-refractivity contribution in [1.82, 2.24) is 19.6 Å². The van der Waals surface area contributed by atoms with Gasteiger partial charge in [0.2, 0.25) is 0 Å². The number of aromatic nitrogens is 2. The number of likely N-dealkylation sites (tertiary alicyclic amines) is 2. The van der Waals surface area contributed by atoms with E-state index >= 15 is 0 Å². The van der Waals surface area contributed by atoms with Crippen molar-refractivity contribution in [1.29, 1.82) is 0 Å². The lowest BCUT2D eigenvalue weighted by atomic mass is 10.0. The number of hydrogen-bond donors (Lipinski definition) is 1. The molecule has 0 spiro atoms. The third-order valence-corrected chi connectivity index (χ3v) is 4.92. The number of hydrogen-bond acceptors (Lipinski definition) is 4. The van der Waals surface area contributed by atoms with Crippen LogP contribution in [-0.4, -0.2) is 74.8 Å². The minimum absolute atomic E-state index is 0.0617. The van der Waals surface area contributed by atoms with Crippen molar-refractivity contribution >= 4 is 5.91 Å². The summed E-state index contributed by atoms with van der Waals surface area (Å²) >= 11 is 0. The van der Waals surface area contributed by atoms with Gasteiger partial charge in [0.1, 0.15) is 5.69 Å². The second-order valence-corrected chi connectivity index (χ2v) is 6.99. The van der Waals surface area contributed by atoms with Crippen molar-refractivity contribution in [3.63, 3.8) is 0 Å². The Balaban J connectivity index is 1.67. The molecule has 0 aliphatic carbocycles. The lowest BCUT2D eigenvalue weighted by molar-refractivity contribution is -0.0697. The third kappa shape index (κ3) is 3.30. The smallest absolute Gasteiger partial charge is 0.272 e. The zero-order valence-corrected chi connectivity index (χ0v) is 14.0. The van der Waals surface area contributed by atoms with Crippen LogP contribution >= 0.6 is 0 Å². The number of halogens is 2. The predicted molar refractivity (Wildman–Crippen MR) is 84.1 cm³/mol. The topological polar surface area (TPSA) is 61.6 Å². The van der Waals surface area contributed by atoms with Gasteiger partial charge in [0.05, 0.1) is 12.1 Å². The Hall–Kier alpha value is -1.54. The van der Waals surface area contributed by atoms with E-state index in [4.69, 9.17) is 0 Å². The molecule has 0 radical (unpaired) electrons. The van der Waals surface area contributed by atoms with Crippen LogP contribution in [0.3, 0.4) is 0 Å². The Bertz CT molecular complexity index is 595. The number of aliphatic hydroxyl groups is 1. The molecule has 8 heteroatoms. The number of nitrogens with zero attached hydrogens (tertiary/aromatic N) is 4. The van der Waals surface area contributed by atoms with Gasteiger partial charge in [-0.2, -0.15) is 5.10 Å². The van der Waals surface area contributed by atoms with Gasteiger partial charge in [-0.05, 0) is 19.9 Å². The van der Waals surface area contributed by atoms with Crippen molar-refractivity contribution in [2.24, 2.45) is 0 Å². The Kier molecular flexibility index (Phi) is 4.61. The monoisotopic (exact) mass is 342 g/mol. The number of carbonyl (C=O) groups is 1. The second-order valence-electron chi connectivity index (χ2n) is 6.99. The van der Waals surface area contributed by atoms with Crippen LogP contribution < -0.4 is 0 Å². The minimum atomic E-state index is -2.61. The highest BCUT2D eigenvalue weighted by Crippen LogP contribution is 2.30. The van der Waals surface area contributed by atoms with Crippen LogP contribution in [-0.2, 0) is 0 Å². The standard InChI is InChI=1S/C16H24F2N4O2/c1-11(2)22-12(3-6-19-22)15(24)21-9-13(14(23)10-21)20-7-4-16(17,18)5-8-20/h3,6,11,13-14,23H,4-5,7-10H2,1-2H3/t13-,14-/m1/s1. The molecule has 3 rings (SSSR count). The molecule has 24 heavy (non-hydrogen) atoms. The Morgan fingerprint density at radius 3 is 2.62 bits per heavy atom. The molecule has 2 aliphatic rings. The normalized spacial score (nSPS) is 27.8. The molecule has 1 N–H and O–H groups in total. The Morgan fingerprint density at radius 2 is 2.00 bits per heavy atom. The number of alkyl halides is 2. The van der Waals surface area contributed by atoms with E-state index in [2.05, 4.69) is 5.10 Å². The summed E-state index contributed by atoms with van der Waals surface area (Å²) in [4.78, 5) is 16.2. The zero-order valence-electron chi connectivity index (χ0n) is 14.0. The number of β-amino-alcohol motifs (C(OH)–C–C–N with tert-alkyl or cyclic N) is 1. The number of piperidine rings is 1. The van der Waals surface area contributed by atoms with Gasteiger partial charge in [-0.15, -0.1) is 0 Å². The molecule has 2 saturated heterocycles. The zero-order chi connectivity index (χ0) is 17.5. The predicted octanol–water partition coefficient (Wildman–Crippen LogP) is 1.38. The molecule has 0 aromatic carbocycles. The summed E-state index contributed by atoms with van der Waals surface area (Å²) in [7, 11) is 0. The summed E-state index contributed by atoms with van der Waals surface area (Å²) in [5.74, 6) is -2.79. The van der Waals surface area contributed by atoms with Crippen molar-refractivity contribution in [3.05, 3.63) is 18.0 Å². The van der Waals surface area contributed by atoms with Crippen LogP contribution in [0.25, 0.3) is 0 Å². The highest BCUT2D eigenvalue weighted by molar-refractivity contribution is 5.92. The van der Waals surface area contributed by atoms with Crippen molar-refractivity contribution < 1.29 is 18.7 Å². The first-order chi connectivity index (χ1) is 11.3. The molecule has 1 aromatic rings. The van der Waals surface area contributed by atoms with E-state index < -0.39 is 12.0 Å². The molecule has 0 unspecified atom stereocenters. The van der Waals surface area contributed by atoms with Crippen LogP contribution in [0.2, 0.25) is 0 Å². The fourth-order valence-corrected chi connectivity index (χ4v) is 3.53. The maximum Gasteiger partial charge on any atom is 0.272 e. The van der Waals surface area contributed by atoms with E-state index in [1.807, 2.05) is 18.7 Å². The number of amides is 1. The maximum absolute atomic E-state index is 13.3. The van der Waals surface area contributed by atoms with Gasteiger partial charge in [-0.3, -0.25) is 14.4 Å². The molecular weight excluding hydrogens is 318 g/mol. The fourth-order valence-electron chi connectivity index (χ4n) is 3.53. The van der Waals surface area contributed by atoms with Crippen LogP contribution in [0.15, 0.2) is 12.3 Å². The first-order valence-corrected chi connectivity index (χ1v) is 8.41. The van der Waals surface area contributed by atoms with E-state index in [1.165, 1.54) is 0 Å². The molecule has 1 amide bonds. The summed E-state index contributed by atoms with van der Waals surface area (Å²) in [6, 6.07) is 1.45. The van der Waals surface area contributed by atoms with E-state index in [0.717, 1.165) is 0 Å². The Labute approximate surface area is 140 Å². The quantitative estimate of drug-likeness (QED) is 0.902. The fraction of sp³-hybridized carbons (Fsp3) is 0.750. The van der Waals surface area contributed by atoms with E-state index in [9.17, 15) is 18.7 Å². The second kappa shape index (κ2) is 6.40. The van der Waals surface area contributed by atoms with Crippen LogP contribution in [0.5, 0.6) is 0 Å². The lowest BCUT2D eigenvalue weighted by Gasteiger charge is -2.36. The van der Waals surface area contributed by atoms with E-state index in [-0.39, 0.29) is 50.5 Å². The van der Waals surface area contributed by atoms with Crippen LogP contribution in [0.1, 0.15) is 43.2 Å². The summed E-state index contributed by atoms with van der Waals surface area (Å²) in [6.45, 7) is 4.97. The minimum Gasteiger partial charge on any atom is -0.390 e. The van der Waals surface area contributed by atoms with E-state index in [1.54, 1.807) is 21.8 Å². The SMILES string of the molecule is CC(C)n1nccc1C(=O)N1C[C@@H](O)[C@H](N2CCC(F)(F)CC2)C1. The largest absolute Gasteiger partial charge is 0.390 e. The Morgan fingerprint density at radius 1 is 1.33 bits per heavy atom. The maximum atomic E-state index is 13.3. The first kappa shape index (κ1) is 17.3. The van der Waals surface area contributed by atoms with Gasteiger partial charge in [-0.1, -0.05) is 0 Å². The molecule has 134 valence electrons. The van der Waals surface area contributed by atoms with Gasteiger partial charge in [0, 0.05) is 51.3 Å². The van der Waals surface area contributed by atoms with Crippen molar-refractivity contribution in [2.75, 3.05) is 26.2 Å². The first-order valence-electron chi connectivity index (χ1n) is 8.41. The molecule has 0 saturated carbocycles. The summed E-state index contributed by atoms with van der Waals surface area (Å²) in [5.41, 5.74) is 0.489. The highest BCUT2D eigenvalue weighted by Gasteiger charge is 2.42. The molecule has 1 aromatic heterocycles.